The third-order valence-electron chi connectivity index (χ3n) is 2.82. The zero-order valence-electron chi connectivity index (χ0n) is 9.91. The largest absolute Gasteiger partial charge is 0.289 e. The Labute approximate surface area is 110 Å². The maximum absolute atomic E-state index is 13.3. The molecule has 18 heavy (non-hydrogen) atoms. The van der Waals surface area contributed by atoms with Gasteiger partial charge in [-0.3, -0.25) is 4.79 Å². The van der Waals surface area contributed by atoms with Crippen LogP contribution in [0.4, 0.5) is 4.39 Å². The topological polar surface area (TPSA) is 17.1 Å². The van der Waals surface area contributed by atoms with Crippen molar-refractivity contribution in [1.29, 1.82) is 0 Å². The van der Waals surface area contributed by atoms with E-state index in [0.717, 1.165) is 12.0 Å². The minimum Gasteiger partial charge on any atom is -0.289 e. The molecule has 2 aromatic rings. The molecular formula is C15H12ClFO. The normalized spacial score (nSPS) is 10.4. The van der Waals surface area contributed by atoms with Crippen molar-refractivity contribution < 1.29 is 9.18 Å². The minimum atomic E-state index is -0.576. The number of hydrogen-bond donors (Lipinski definition) is 0. The van der Waals surface area contributed by atoms with E-state index in [4.69, 9.17) is 11.6 Å². The average Bonchev–Trinajstić information content (AvgIpc) is 2.41. The maximum Gasteiger partial charge on any atom is 0.194 e. The molecule has 0 unspecified atom stereocenters. The molecule has 0 aliphatic carbocycles. The number of rotatable bonds is 3. The van der Waals surface area contributed by atoms with E-state index in [1.807, 2.05) is 19.1 Å². The zero-order valence-corrected chi connectivity index (χ0v) is 10.7. The van der Waals surface area contributed by atoms with E-state index in [-0.39, 0.29) is 16.4 Å². The van der Waals surface area contributed by atoms with Crippen LogP contribution in [0.5, 0.6) is 0 Å². The predicted molar refractivity (Wildman–Crippen MR) is 70.7 cm³/mol. The van der Waals surface area contributed by atoms with Crippen molar-refractivity contribution in [3.63, 3.8) is 0 Å². The predicted octanol–water partition coefficient (Wildman–Crippen LogP) is 4.27. The van der Waals surface area contributed by atoms with Crippen LogP contribution in [-0.2, 0) is 6.42 Å². The van der Waals surface area contributed by atoms with Gasteiger partial charge in [0, 0.05) is 11.1 Å². The molecule has 1 nitrogen and oxygen atoms in total. The van der Waals surface area contributed by atoms with Crippen LogP contribution < -0.4 is 0 Å². The van der Waals surface area contributed by atoms with Crippen molar-refractivity contribution in [2.45, 2.75) is 13.3 Å². The van der Waals surface area contributed by atoms with E-state index in [1.165, 1.54) is 18.2 Å². The molecule has 0 spiro atoms. The van der Waals surface area contributed by atoms with Gasteiger partial charge in [0.25, 0.3) is 0 Å². The molecule has 92 valence electrons. The number of hydrogen-bond acceptors (Lipinski definition) is 1. The van der Waals surface area contributed by atoms with Crippen LogP contribution in [0.2, 0.25) is 5.02 Å². The van der Waals surface area contributed by atoms with Gasteiger partial charge < -0.3 is 0 Å². The Kier molecular flexibility index (Phi) is 3.78. The van der Waals surface area contributed by atoms with Gasteiger partial charge in [0.2, 0.25) is 0 Å². The SMILES string of the molecule is CCc1ccc(C(=O)c2cccc(F)c2Cl)cc1. The molecule has 0 aromatic heterocycles. The van der Waals surface area contributed by atoms with E-state index < -0.39 is 5.82 Å². The van der Waals surface area contributed by atoms with Gasteiger partial charge in [-0.1, -0.05) is 48.9 Å². The van der Waals surface area contributed by atoms with Gasteiger partial charge in [-0.2, -0.15) is 0 Å². The van der Waals surface area contributed by atoms with E-state index in [9.17, 15) is 9.18 Å². The lowest BCUT2D eigenvalue weighted by Gasteiger charge is -2.05. The van der Waals surface area contributed by atoms with E-state index in [0.29, 0.717) is 5.56 Å². The Hall–Kier alpha value is -1.67. The third kappa shape index (κ3) is 2.44. The van der Waals surface area contributed by atoms with Gasteiger partial charge >= 0.3 is 0 Å². The van der Waals surface area contributed by atoms with Crippen molar-refractivity contribution in [1.82, 2.24) is 0 Å². The maximum atomic E-state index is 13.3. The van der Waals surface area contributed by atoms with Gasteiger partial charge in [-0.25, -0.2) is 4.39 Å². The molecule has 0 aliphatic rings. The summed E-state index contributed by atoms with van der Waals surface area (Å²) in [6, 6.07) is 11.5. The zero-order chi connectivity index (χ0) is 13.1. The Morgan fingerprint density at radius 1 is 1.17 bits per heavy atom. The summed E-state index contributed by atoms with van der Waals surface area (Å²) >= 11 is 5.80. The van der Waals surface area contributed by atoms with Crippen LogP contribution in [0.1, 0.15) is 28.4 Å². The third-order valence-corrected chi connectivity index (χ3v) is 3.20. The molecule has 0 fully saturated rings. The number of aryl methyl sites for hydroxylation is 1. The van der Waals surface area contributed by atoms with Crippen LogP contribution in [0, 0.1) is 5.82 Å². The summed E-state index contributed by atoms with van der Waals surface area (Å²) in [5.41, 5.74) is 1.86. The van der Waals surface area contributed by atoms with Crippen LogP contribution in [-0.4, -0.2) is 5.78 Å². The lowest BCUT2D eigenvalue weighted by atomic mass is 10.0. The van der Waals surface area contributed by atoms with Crippen molar-refractivity contribution in [2.24, 2.45) is 0 Å². The van der Waals surface area contributed by atoms with Gasteiger partial charge in [-0.05, 0) is 24.1 Å². The molecule has 0 bridgehead atoms. The van der Waals surface area contributed by atoms with Gasteiger partial charge in [-0.15, -0.1) is 0 Å². The summed E-state index contributed by atoms with van der Waals surface area (Å²) in [6.07, 6.45) is 0.912. The molecule has 0 heterocycles. The first-order chi connectivity index (χ1) is 8.63. The summed E-state index contributed by atoms with van der Waals surface area (Å²) in [5, 5.41) is -0.123. The minimum absolute atomic E-state index is 0.123. The fourth-order valence-corrected chi connectivity index (χ4v) is 1.94. The number of ketones is 1. The molecular weight excluding hydrogens is 251 g/mol. The summed E-state index contributed by atoms with van der Waals surface area (Å²) in [4.78, 5) is 12.2. The van der Waals surface area contributed by atoms with Gasteiger partial charge in [0.1, 0.15) is 5.82 Å². The highest BCUT2D eigenvalue weighted by molar-refractivity contribution is 6.35. The second kappa shape index (κ2) is 5.32. The number of benzene rings is 2. The molecule has 2 rings (SSSR count). The molecule has 0 aliphatic heterocycles. The Balaban J connectivity index is 2.38. The second-order valence-corrected chi connectivity index (χ2v) is 4.36. The van der Waals surface area contributed by atoms with E-state index in [1.54, 1.807) is 12.1 Å². The average molecular weight is 263 g/mol. The molecule has 2 aromatic carbocycles. The first kappa shape index (κ1) is 12.8. The molecule has 0 amide bonds. The second-order valence-electron chi connectivity index (χ2n) is 3.98. The van der Waals surface area contributed by atoms with E-state index in [2.05, 4.69) is 0 Å². The van der Waals surface area contributed by atoms with Crippen LogP contribution in [0.15, 0.2) is 42.5 Å². The number of halogens is 2. The number of carbonyl (C=O) groups is 1. The Morgan fingerprint density at radius 3 is 2.44 bits per heavy atom. The Bertz CT molecular complexity index is 576. The van der Waals surface area contributed by atoms with Crippen LogP contribution in [0.25, 0.3) is 0 Å². The molecule has 0 saturated carbocycles. The lowest BCUT2D eigenvalue weighted by molar-refractivity contribution is 0.103. The highest BCUT2D eigenvalue weighted by Crippen LogP contribution is 2.22. The quantitative estimate of drug-likeness (QED) is 0.755. The highest BCUT2D eigenvalue weighted by Gasteiger charge is 2.15. The Morgan fingerprint density at radius 2 is 1.83 bits per heavy atom. The van der Waals surface area contributed by atoms with Crippen molar-refractivity contribution in [3.8, 4) is 0 Å². The highest BCUT2D eigenvalue weighted by atomic mass is 35.5. The number of carbonyl (C=O) groups excluding carboxylic acids is 1. The lowest BCUT2D eigenvalue weighted by Crippen LogP contribution is -2.03. The monoisotopic (exact) mass is 262 g/mol. The van der Waals surface area contributed by atoms with E-state index >= 15 is 0 Å². The first-order valence-corrected chi connectivity index (χ1v) is 6.09. The standard InChI is InChI=1S/C15H12ClFO/c1-2-10-6-8-11(9-7-10)15(18)12-4-3-5-13(17)14(12)16/h3-9H,2H2,1H3. The molecule has 0 atom stereocenters. The van der Waals surface area contributed by atoms with Crippen molar-refractivity contribution in [3.05, 3.63) is 70.0 Å². The van der Waals surface area contributed by atoms with Gasteiger partial charge in [0.15, 0.2) is 5.78 Å². The van der Waals surface area contributed by atoms with Crippen LogP contribution in [0.3, 0.4) is 0 Å². The molecule has 0 N–H and O–H groups in total. The van der Waals surface area contributed by atoms with Crippen LogP contribution >= 0.6 is 11.6 Å². The summed E-state index contributed by atoms with van der Waals surface area (Å²) in [6.45, 7) is 2.04. The summed E-state index contributed by atoms with van der Waals surface area (Å²) in [5.74, 6) is -0.838. The summed E-state index contributed by atoms with van der Waals surface area (Å²) in [7, 11) is 0. The van der Waals surface area contributed by atoms with Crippen molar-refractivity contribution >= 4 is 17.4 Å². The molecule has 3 heteroatoms. The van der Waals surface area contributed by atoms with Crippen molar-refractivity contribution in [2.75, 3.05) is 0 Å². The molecule has 0 radical (unpaired) electrons. The smallest absolute Gasteiger partial charge is 0.194 e. The first-order valence-electron chi connectivity index (χ1n) is 5.71. The molecule has 0 saturated heterocycles. The fourth-order valence-electron chi connectivity index (χ4n) is 1.73. The summed E-state index contributed by atoms with van der Waals surface area (Å²) < 4.78 is 13.3. The fraction of sp³-hybridized carbons (Fsp3) is 0.133. The van der Waals surface area contributed by atoms with Gasteiger partial charge in [0.05, 0.1) is 5.02 Å².